The van der Waals surface area contributed by atoms with Gasteiger partial charge in [0, 0.05) is 17.3 Å². The average Bonchev–Trinajstić information content (AvgIpc) is 3.25. The van der Waals surface area contributed by atoms with Gasteiger partial charge in [0.15, 0.2) is 0 Å². The Balaban J connectivity index is 1.49. The second-order valence-corrected chi connectivity index (χ2v) is 8.18. The monoisotopic (exact) mass is 379 g/mol. The summed E-state index contributed by atoms with van der Waals surface area (Å²) >= 11 is 1.30. The second-order valence-electron chi connectivity index (χ2n) is 6.89. The first-order valence-electron chi connectivity index (χ1n) is 9.01. The van der Waals surface area contributed by atoms with E-state index in [2.05, 4.69) is 23.2 Å². The lowest BCUT2D eigenvalue weighted by molar-refractivity contribution is -0.118. The van der Waals surface area contributed by atoms with Gasteiger partial charge in [0.25, 0.3) is 5.22 Å². The molecule has 0 saturated carbocycles. The van der Waals surface area contributed by atoms with Gasteiger partial charge in [-0.1, -0.05) is 47.7 Å². The molecule has 2 atom stereocenters. The molecule has 5 nitrogen and oxygen atoms in total. The first-order chi connectivity index (χ1) is 13.0. The topological polar surface area (TPSA) is 59.2 Å². The van der Waals surface area contributed by atoms with E-state index in [1.54, 1.807) is 0 Å². The molecule has 0 N–H and O–H groups in total. The summed E-state index contributed by atoms with van der Waals surface area (Å²) in [6.45, 7) is 6.00. The molecule has 0 fully saturated rings. The molecule has 2 aromatic carbocycles. The van der Waals surface area contributed by atoms with Crippen molar-refractivity contribution in [3.8, 4) is 11.5 Å². The molecular formula is C21H21N3O2S. The molecule has 1 aliphatic rings. The molecule has 27 heavy (non-hydrogen) atoms. The van der Waals surface area contributed by atoms with Crippen LogP contribution in [-0.4, -0.2) is 27.4 Å². The van der Waals surface area contributed by atoms with Crippen LogP contribution in [-0.2, 0) is 11.2 Å². The van der Waals surface area contributed by atoms with Crippen molar-refractivity contribution in [3.05, 3.63) is 59.7 Å². The Labute approximate surface area is 162 Å². The van der Waals surface area contributed by atoms with Crippen molar-refractivity contribution in [3.63, 3.8) is 0 Å². The zero-order valence-electron chi connectivity index (χ0n) is 15.5. The third-order valence-corrected chi connectivity index (χ3v) is 5.70. The first-order valence-corrected chi connectivity index (χ1v) is 9.89. The lowest BCUT2D eigenvalue weighted by Gasteiger charge is -2.25. The molecule has 0 bridgehead atoms. The summed E-state index contributed by atoms with van der Waals surface area (Å²) in [5.74, 6) is 0.532. The fourth-order valence-corrected chi connectivity index (χ4v) is 4.10. The van der Waals surface area contributed by atoms with E-state index in [0.717, 1.165) is 17.7 Å². The van der Waals surface area contributed by atoms with E-state index in [1.807, 2.05) is 61.2 Å². The van der Waals surface area contributed by atoms with Gasteiger partial charge in [-0.25, -0.2) is 0 Å². The Hall–Kier alpha value is -2.60. The molecule has 0 saturated heterocycles. The average molecular weight is 379 g/mol. The minimum Gasteiger partial charge on any atom is -0.411 e. The van der Waals surface area contributed by atoms with Gasteiger partial charge < -0.3 is 9.32 Å². The van der Waals surface area contributed by atoms with Crippen molar-refractivity contribution in [1.82, 2.24) is 10.2 Å². The van der Waals surface area contributed by atoms with Gasteiger partial charge in [-0.2, -0.15) is 0 Å². The number of benzene rings is 2. The largest absolute Gasteiger partial charge is 0.411 e. The lowest BCUT2D eigenvalue weighted by Crippen LogP contribution is -2.40. The first kappa shape index (κ1) is 17.8. The maximum atomic E-state index is 13.1. The number of aromatic nitrogens is 2. The maximum absolute atomic E-state index is 13.1. The highest BCUT2D eigenvalue weighted by atomic mass is 32.2. The van der Waals surface area contributed by atoms with E-state index < -0.39 is 0 Å². The third-order valence-electron chi connectivity index (χ3n) is 4.78. The Morgan fingerprint density at radius 3 is 2.70 bits per heavy atom. The molecule has 0 spiro atoms. The van der Waals surface area contributed by atoms with Gasteiger partial charge in [-0.15, -0.1) is 10.2 Å². The van der Waals surface area contributed by atoms with E-state index in [-0.39, 0.29) is 17.2 Å². The molecule has 3 aromatic rings. The molecule has 4 rings (SSSR count). The van der Waals surface area contributed by atoms with Crippen molar-refractivity contribution in [2.45, 2.75) is 43.7 Å². The van der Waals surface area contributed by atoms with Crippen molar-refractivity contribution in [2.24, 2.45) is 0 Å². The van der Waals surface area contributed by atoms with Gasteiger partial charge in [0.2, 0.25) is 11.8 Å². The summed E-state index contributed by atoms with van der Waals surface area (Å²) < 4.78 is 5.76. The number of amides is 1. The van der Waals surface area contributed by atoms with Gasteiger partial charge in [-0.3, -0.25) is 4.79 Å². The zero-order valence-corrected chi connectivity index (χ0v) is 16.4. The molecular weight excluding hydrogens is 358 g/mol. The lowest BCUT2D eigenvalue weighted by atomic mass is 10.1. The number of rotatable bonds is 4. The molecule has 2 unspecified atom stereocenters. The molecule has 1 aromatic heterocycles. The molecule has 0 radical (unpaired) electrons. The zero-order chi connectivity index (χ0) is 19.0. The van der Waals surface area contributed by atoms with Crippen LogP contribution in [0.2, 0.25) is 0 Å². The van der Waals surface area contributed by atoms with Crippen molar-refractivity contribution < 1.29 is 9.21 Å². The van der Waals surface area contributed by atoms with Crippen LogP contribution in [0.4, 0.5) is 5.69 Å². The molecule has 6 heteroatoms. The fourth-order valence-electron chi connectivity index (χ4n) is 3.37. The van der Waals surface area contributed by atoms with Crippen LogP contribution in [0, 0.1) is 6.92 Å². The Kier molecular flexibility index (Phi) is 4.74. The van der Waals surface area contributed by atoms with Crippen LogP contribution in [0.25, 0.3) is 11.5 Å². The van der Waals surface area contributed by atoms with Crippen molar-refractivity contribution in [1.29, 1.82) is 0 Å². The van der Waals surface area contributed by atoms with Crippen LogP contribution < -0.4 is 4.90 Å². The van der Waals surface area contributed by atoms with Gasteiger partial charge >= 0.3 is 0 Å². The highest BCUT2D eigenvalue weighted by molar-refractivity contribution is 8.00. The van der Waals surface area contributed by atoms with Crippen molar-refractivity contribution >= 4 is 23.4 Å². The molecule has 1 aliphatic heterocycles. The number of hydrogen-bond donors (Lipinski definition) is 0. The number of thioether (sulfide) groups is 1. The highest BCUT2D eigenvalue weighted by Crippen LogP contribution is 2.35. The summed E-state index contributed by atoms with van der Waals surface area (Å²) in [4.78, 5) is 14.9. The van der Waals surface area contributed by atoms with E-state index in [1.165, 1.54) is 22.9 Å². The number of aryl methyl sites for hydroxylation is 1. The van der Waals surface area contributed by atoms with E-state index in [0.29, 0.717) is 11.1 Å². The number of fused-ring (bicyclic) bond motifs is 1. The van der Waals surface area contributed by atoms with E-state index in [9.17, 15) is 4.79 Å². The quantitative estimate of drug-likeness (QED) is 0.625. The SMILES string of the molecule is Cc1ccc(-c2nnc(SC(C)C(=O)N3c4ccccc4CC3C)o2)cc1. The summed E-state index contributed by atoms with van der Waals surface area (Å²) in [5.41, 5.74) is 4.27. The van der Waals surface area contributed by atoms with Crippen LogP contribution in [0.5, 0.6) is 0 Å². The smallest absolute Gasteiger partial charge is 0.277 e. The molecule has 1 amide bonds. The summed E-state index contributed by atoms with van der Waals surface area (Å²) in [6, 6.07) is 16.2. The fraction of sp³-hybridized carbons (Fsp3) is 0.286. The Morgan fingerprint density at radius 2 is 1.93 bits per heavy atom. The van der Waals surface area contributed by atoms with Gasteiger partial charge in [-0.05, 0) is 51.0 Å². The maximum Gasteiger partial charge on any atom is 0.277 e. The van der Waals surface area contributed by atoms with Gasteiger partial charge in [0.1, 0.15) is 0 Å². The van der Waals surface area contributed by atoms with Crippen LogP contribution in [0.15, 0.2) is 58.2 Å². The van der Waals surface area contributed by atoms with Crippen LogP contribution in [0.1, 0.15) is 25.0 Å². The van der Waals surface area contributed by atoms with Gasteiger partial charge in [0.05, 0.1) is 5.25 Å². The minimum atomic E-state index is -0.315. The third kappa shape index (κ3) is 3.49. The number of para-hydroxylation sites is 1. The molecule has 0 aliphatic carbocycles. The highest BCUT2D eigenvalue weighted by Gasteiger charge is 2.34. The number of carbonyl (C=O) groups excluding carboxylic acids is 1. The predicted molar refractivity (Wildman–Crippen MR) is 107 cm³/mol. The van der Waals surface area contributed by atoms with E-state index in [4.69, 9.17) is 4.42 Å². The van der Waals surface area contributed by atoms with Crippen molar-refractivity contribution in [2.75, 3.05) is 4.90 Å². The number of hydrogen-bond acceptors (Lipinski definition) is 5. The minimum absolute atomic E-state index is 0.0625. The van der Waals surface area contributed by atoms with E-state index >= 15 is 0 Å². The normalized spacial score (nSPS) is 17.0. The van der Waals surface area contributed by atoms with Crippen LogP contribution in [0.3, 0.4) is 0 Å². The molecule has 138 valence electrons. The Bertz CT molecular complexity index is 968. The number of anilines is 1. The van der Waals surface area contributed by atoms with Crippen LogP contribution >= 0.6 is 11.8 Å². The summed E-state index contributed by atoms with van der Waals surface area (Å²) in [6.07, 6.45) is 0.886. The predicted octanol–water partition coefficient (Wildman–Crippen LogP) is 4.50. The molecule has 2 heterocycles. The number of nitrogens with zero attached hydrogens (tertiary/aromatic N) is 3. The number of carbonyl (C=O) groups is 1. The summed E-state index contributed by atoms with van der Waals surface area (Å²) in [7, 11) is 0. The Morgan fingerprint density at radius 1 is 1.19 bits per heavy atom. The standard InChI is InChI=1S/C21H21N3O2S/c1-13-8-10-16(11-9-13)19-22-23-21(26-19)27-15(3)20(25)24-14(2)12-17-6-4-5-7-18(17)24/h4-11,14-15H,12H2,1-3H3. The second kappa shape index (κ2) is 7.19. The summed E-state index contributed by atoms with van der Waals surface area (Å²) in [5, 5.41) is 8.31.